The van der Waals surface area contributed by atoms with Crippen LogP contribution in [0.25, 0.3) is 21.9 Å². The first kappa shape index (κ1) is 18.1. The molecule has 0 saturated heterocycles. The molecule has 6 nitrogen and oxygen atoms in total. The second-order valence-corrected chi connectivity index (χ2v) is 6.48. The second kappa shape index (κ2) is 8.14. The first-order valence-electron chi connectivity index (χ1n) is 8.15. The molecule has 3 rings (SSSR count). The van der Waals surface area contributed by atoms with Gasteiger partial charge in [0.1, 0.15) is 16.9 Å². The highest BCUT2D eigenvalue weighted by atomic mass is 32.2. The molecule has 0 aliphatic heterocycles. The quantitative estimate of drug-likeness (QED) is 0.634. The molecule has 0 bridgehead atoms. The van der Waals surface area contributed by atoms with Crippen molar-refractivity contribution in [2.45, 2.75) is 6.92 Å². The number of furan rings is 1. The number of hydrogen-bond acceptors (Lipinski definition) is 6. The van der Waals surface area contributed by atoms with E-state index in [0.29, 0.717) is 23.6 Å². The molecule has 7 heteroatoms. The third-order valence-electron chi connectivity index (χ3n) is 3.73. The number of fused-ring (bicyclic) bond motifs is 3. The Morgan fingerprint density at radius 2 is 1.92 bits per heavy atom. The van der Waals surface area contributed by atoms with Gasteiger partial charge in [-0.1, -0.05) is 18.2 Å². The van der Waals surface area contributed by atoms with E-state index in [2.05, 4.69) is 5.32 Å². The van der Waals surface area contributed by atoms with Gasteiger partial charge in [-0.15, -0.1) is 11.8 Å². The average Bonchev–Trinajstić information content (AvgIpc) is 2.98. The first-order chi connectivity index (χ1) is 12.6. The molecule has 1 amide bonds. The zero-order chi connectivity index (χ0) is 18.5. The van der Waals surface area contributed by atoms with Crippen molar-refractivity contribution in [2.24, 2.45) is 0 Å². The molecule has 0 atom stereocenters. The molecule has 0 aliphatic carbocycles. The number of para-hydroxylation sites is 1. The highest BCUT2D eigenvalue weighted by Gasteiger charge is 2.14. The zero-order valence-corrected chi connectivity index (χ0v) is 15.4. The Morgan fingerprint density at radius 1 is 1.12 bits per heavy atom. The summed E-state index contributed by atoms with van der Waals surface area (Å²) >= 11 is 1.20. The van der Waals surface area contributed by atoms with Gasteiger partial charge in [0.05, 0.1) is 30.9 Å². The normalized spacial score (nSPS) is 10.8. The number of ether oxygens (including phenoxy) is 2. The van der Waals surface area contributed by atoms with Crippen LogP contribution in [0.1, 0.15) is 6.92 Å². The fraction of sp³-hybridized carbons (Fsp3) is 0.263. The largest absolute Gasteiger partial charge is 0.495 e. The molecule has 0 saturated carbocycles. The molecule has 0 spiro atoms. The molecule has 0 radical (unpaired) electrons. The van der Waals surface area contributed by atoms with Crippen LogP contribution in [-0.2, 0) is 14.3 Å². The molecule has 1 N–H and O–H groups in total. The lowest BCUT2D eigenvalue weighted by atomic mass is 10.1. The minimum absolute atomic E-state index is 0.139. The lowest BCUT2D eigenvalue weighted by molar-refractivity contribution is -0.139. The molecule has 26 heavy (non-hydrogen) atoms. The molecule has 0 aliphatic rings. The molecule has 3 aromatic rings. The van der Waals surface area contributed by atoms with E-state index in [1.165, 1.54) is 11.8 Å². The minimum Gasteiger partial charge on any atom is -0.495 e. The summed E-state index contributed by atoms with van der Waals surface area (Å²) in [4.78, 5) is 23.5. The Hall–Kier alpha value is -2.67. The van der Waals surface area contributed by atoms with Gasteiger partial charge in [0, 0.05) is 16.8 Å². The van der Waals surface area contributed by atoms with Gasteiger partial charge in [-0.2, -0.15) is 0 Å². The van der Waals surface area contributed by atoms with Crippen LogP contribution in [0.2, 0.25) is 0 Å². The first-order valence-corrected chi connectivity index (χ1v) is 9.30. The van der Waals surface area contributed by atoms with Gasteiger partial charge in [-0.25, -0.2) is 0 Å². The number of carbonyl (C=O) groups is 2. The van der Waals surface area contributed by atoms with Crippen LogP contribution in [0.4, 0.5) is 5.69 Å². The Balaban J connectivity index is 1.75. The Bertz CT molecular complexity index is 950. The topological polar surface area (TPSA) is 77.8 Å². The van der Waals surface area contributed by atoms with Crippen molar-refractivity contribution < 1.29 is 23.5 Å². The maximum absolute atomic E-state index is 12.2. The molecule has 136 valence electrons. The number of esters is 1. The van der Waals surface area contributed by atoms with Crippen molar-refractivity contribution in [1.29, 1.82) is 0 Å². The number of thioether (sulfide) groups is 1. The van der Waals surface area contributed by atoms with Crippen molar-refractivity contribution in [2.75, 3.05) is 30.5 Å². The van der Waals surface area contributed by atoms with Gasteiger partial charge in [0.2, 0.25) is 5.91 Å². The summed E-state index contributed by atoms with van der Waals surface area (Å²) in [6.45, 7) is 2.08. The van der Waals surface area contributed by atoms with Crippen molar-refractivity contribution in [3.8, 4) is 5.75 Å². The molecular formula is C19H19NO5S. The summed E-state index contributed by atoms with van der Waals surface area (Å²) in [5.74, 6) is 0.272. The maximum atomic E-state index is 12.2. The smallest absolute Gasteiger partial charge is 0.315 e. The molecule has 1 heterocycles. The van der Waals surface area contributed by atoms with Crippen molar-refractivity contribution in [1.82, 2.24) is 0 Å². The fourth-order valence-corrected chi connectivity index (χ4v) is 3.24. The van der Waals surface area contributed by atoms with Gasteiger partial charge < -0.3 is 19.2 Å². The van der Waals surface area contributed by atoms with Gasteiger partial charge in [0.15, 0.2) is 0 Å². The van der Waals surface area contributed by atoms with E-state index in [1.54, 1.807) is 20.1 Å². The van der Waals surface area contributed by atoms with Crippen molar-refractivity contribution >= 4 is 51.3 Å². The summed E-state index contributed by atoms with van der Waals surface area (Å²) in [5.41, 5.74) is 1.97. The standard InChI is InChI=1S/C19H19NO5S/c1-3-24-19(22)11-26-10-18(21)20-14-9-16-13(8-17(14)23-2)12-6-4-5-7-15(12)25-16/h4-9H,3,10-11H2,1-2H3,(H,20,21). The number of amides is 1. The monoisotopic (exact) mass is 373 g/mol. The predicted molar refractivity (Wildman–Crippen MR) is 103 cm³/mol. The van der Waals surface area contributed by atoms with Crippen molar-refractivity contribution in [3.05, 3.63) is 36.4 Å². The van der Waals surface area contributed by atoms with Gasteiger partial charge in [0.25, 0.3) is 0 Å². The SMILES string of the molecule is CCOC(=O)CSCC(=O)Nc1cc2oc3ccccc3c2cc1OC. The molecule has 2 aromatic carbocycles. The van der Waals surface area contributed by atoms with Crippen molar-refractivity contribution in [3.63, 3.8) is 0 Å². The number of benzene rings is 2. The number of anilines is 1. The lowest BCUT2D eigenvalue weighted by Gasteiger charge is -2.10. The third kappa shape index (κ3) is 3.94. The van der Waals surface area contributed by atoms with Crippen LogP contribution < -0.4 is 10.1 Å². The van der Waals surface area contributed by atoms with Crippen LogP contribution in [-0.4, -0.2) is 37.1 Å². The van der Waals surface area contributed by atoms with Gasteiger partial charge >= 0.3 is 5.97 Å². The lowest BCUT2D eigenvalue weighted by Crippen LogP contribution is -2.16. The third-order valence-corrected chi connectivity index (χ3v) is 4.64. The van der Waals surface area contributed by atoms with E-state index >= 15 is 0 Å². The maximum Gasteiger partial charge on any atom is 0.315 e. The molecule has 0 fully saturated rings. The summed E-state index contributed by atoms with van der Waals surface area (Å²) in [6.07, 6.45) is 0. The predicted octanol–water partition coefficient (Wildman–Crippen LogP) is 3.83. The minimum atomic E-state index is -0.327. The Labute approximate surface area is 154 Å². The molecule has 1 aromatic heterocycles. The summed E-state index contributed by atoms with van der Waals surface area (Å²) < 4.78 is 16.1. The summed E-state index contributed by atoms with van der Waals surface area (Å²) in [6, 6.07) is 11.3. The van der Waals surface area contributed by atoms with Crippen LogP contribution in [0.15, 0.2) is 40.8 Å². The zero-order valence-electron chi connectivity index (χ0n) is 14.5. The number of rotatable bonds is 7. The van der Waals surface area contributed by atoms with Crippen LogP contribution in [0, 0.1) is 0 Å². The molecular weight excluding hydrogens is 354 g/mol. The fourth-order valence-electron chi connectivity index (χ4n) is 2.63. The second-order valence-electron chi connectivity index (χ2n) is 5.49. The number of hydrogen-bond donors (Lipinski definition) is 1. The number of nitrogens with one attached hydrogen (secondary N) is 1. The average molecular weight is 373 g/mol. The van der Waals surface area contributed by atoms with E-state index < -0.39 is 0 Å². The van der Waals surface area contributed by atoms with Gasteiger partial charge in [-0.3, -0.25) is 9.59 Å². The van der Waals surface area contributed by atoms with E-state index in [1.807, 2.05) is 30.3 Å². The van der Waals surface area contributed by atoms with E-state index in [-0.39, 0.29) is 23.4 Å². The van der Waals surface area contributed by atoms with E-state index in [9.17, 15) is 9.59 Å². The highest BCUT2D eigenvalue weighted by Crippen LogP contribution is 2.36. The van der Waals surface area contributed by atoms with Gasteiger partial charge in [-0.05, 0) is 19.1 Å². The Kier molecular flexibility index (Phi) is 5.68. The highest BCUT2D eigenvalue weighted by molar-refractivity contribution is 8.00. The number of carbonyl (C=O) groups excluding carboxylic acids is 2. The molecule has 0 unspecified atom stereocenters. The van der Waals surface area contributed by atoms with E-state index in [4.69, 9.17) is 13.9 Å². The van der Waals surface area contributed by atoms with Crippen LogP contribution >= 0.6 is 11.8 Å². The number of methoxy groups -OCH3 is 1. The Morgan fingerprint density at radius 3 is 2.69 bits per heavy atom. The summed E-state index contributed by atoms with van der Waals surface area (Å²) in [7, 11) is 1.55. The van der Waals surface area contributed by atoms with Crippen LogP contribution in [0.3, 0.4) is 0 Å². The summed E-state index contributed by atoms with van der Waals surface area (Å²) in [5, 5.41) is 4.72. The van der Waals surface area contributed by atoms with Crippen LogP contribution in [0.5, 0.6) is 5.75 Å². The van der Waals surface area contributed by atoms with E-state index in [0.717, 1.165) is 16.4 Å².